The van der Waals surface area contributed by atoms with Crippen LogP contribution in [-0.2, 0) is 16.0 Å². The highest BCUT2D eigenvalue weighted by atomic mass is 32.2. The minimum Gasteiger partial charge on any atom is -0.490 e. The predicted molar refractivity (Wildman–Crippen MR) is 119 cm³/mol. The minimum absolute atomic E-state index is 0.186. The standard InChI is InChI=1S/C22H19NO4S2/c1-2-12-27-17-10-8-16(9-11-17)14-19-20(24)23(22(28)29-19)18(21(25)26)13-15-6-4-3-5-7-15/h2-11,14,18H,1,12-13H2,(H,25,26)/b19-14-/t18-/m0/s1. The summed E-state index contributed by atoms with van der Waals surface area (Å²) in [4.78, 5) is 26.4. The van der Waals surface area contributed by atoms with Crippen molar-refractivity contribution in [1.82, 2.24) is 4.90 Å². The number of aliphatic carboxylic acids is 1. The first-order valence-corrected chi connectivity index (χ1v) is 10.1. The molecular weight excluding hydrogens is 406 g/mol. The zero-order valence-corrected chi connectivity index (χ0v) is 17.1. The average Bonchev–Trinajstić information content (AvgIpc) is 2.99. The van der Waals surface area contributed by atoms with Gasteiger partial charge in [0.25, 0.3) is 5.91 Å². The molecule has 1 heterocycles. The number of carboxylic acids is 1. The number of thioether (sulfide) groups is 1. The lowest BCUT2D eigenvalue weighted by molar-refractivity contribution is -0.145. The fraction of sp³-hybridized carbons (Fsp3) is 0.136. The molecule has 0 aliphatic carbocycles. The van der Waals surface area contributed by atoms with Gasteiger partial charge >= 0.3 is 5.97 Å². The third-order valence-electron chi connectivity index (χ3n) is 4.24. The van der Waals surface area contributed by atoms with Gasteiger partial charge in [-0.05, 0) is 29.3 Å². The largest absolute Gasteiger partial charge is 0.490 e. The Labute approximate surface area is 178 Å². The maximum absolute atomic E-state index is 12.9. The van der Waals surface area contributed by atoms with Crippen molar-refractivity contribution in [2.45, 2.75) is 12.5 Å². The van der Waals surface area contributed by atoms with Crippen molar-refractivity contribution in [2.75, 3.05) is 6.61 Å². The molecule has 1 fully saturated rings. The van der Waals surface area contributed by atoms with Crippen LogP contribution < -0.4 is 4.74 Å². The normalized spacial score (nSPS) is 16.1. The molecule has 2 aromatic carbocycles. The number of carbonyl (C=O) groups excluding carboxylic acids is 1. The van der Waals surface area contributed by atoms with Crippen LogP contribution in [0.5, 0.6) is 5.75 Å². The molecule has 1 N–H and O–H groups in total. The second-order valence-electron chi connectivity index (χ2n) is 6.26. The molecule has 29 heavy (non-hydrogen) atoms. The molecule has 0 bridgehead atoms. The summed E-state index contributed by atoms with van der Waals surface area (Å²) in [5, 5.41) is 9.70. The number of thiocarbonyl (C=S) groups is 1. The summed E-state index contributed by atoms with van der Waals surface area (Å²) in [6.45, 7) is 4.02. The van der Waals surface area contributed by atoms with Gasteiger partial charge < -0.3 is 9.84 Å². The van der Waals surface area contributed by atoms with Crippen LogP contribution in [0.2, 0.25) is 0 Å². The zero-order chi connectivity index (χ0) is 20.8. The van der Waals surface area contributed by atoms with Crippen LogP contribution >= 0.6 is 24.0 Å². The van der Waals surface area contributed by atoms with Crippen LogP contribution in [0.3, 0.4) is 0 Å². The van der Waals surface area contributed by atoms with E-state index >= 15 is 0 Å². The van der Waals surface area contributed by atoms with E-state index in [0.717, 1.165) is 22.9 Å². The molecule has 5 nitrogen and oxygen atoms in total. The smallest absolute Gasteiger partial charge is 0.327 e. The molecule has 7 heteroatoms. The minimum atomic E-state index is -1.09. The van der Waals surface area contributed by atoms with Crippen molar-refractivity contribution in [1.29, 1.82) is 0 Å². The van der Waals surface area contributed by atoms with Crippen LogP contribution in [0, 0.1) is 0 Å². The van der Waals surface area contributed by atoms with Crippen LogP contribution in [0.4, 0.5) is 0 Å². The van der Waals surface area contributed by atoms with Gasteiger partial charge in [-0.2, -0.15) is 0 Å². The number of hydrogen-bond donors (Lipinski definition) is 1. The van der Waals surface area contributed by atoms with Crippen molar-refractivity contribution in [3.05, 3.63) is 83.3 Å². The van der Waals surface area contributed by atoms with E-state index in [1.165, 1.54) is 4.90 Å². The molecule has 1 aliphatic rings. The Balaban J connectivity index is 1.79. The molecule has 3 rings (SSSR count). The Morgan fingerprint density at radius 2 is 1.90 bits per heavy atom. The second-order valence-corrected chi connectivity index (χ2v) is 7.94. The molecule has 0 radical (unpaired) electrons. The molecule has 1 aliphatic heterocycles. The summed E-state index contributed by atoms with van der Waals surface area (Å²) >= 11 is 6.44. The maximum atomic E-state index is 12.9. The van der Waals surface area contributed by atoms with Crippen molar-refractivity contribution in [2.24, 2.45) is 0 Å². The van der Waals surface area contributed by atoms with E-state index in [9.17, 15) is 14.7 Å². The van der Waals surface area contributed by atoms with E-state index in [4.69, 9.17) is 17.0 Å². The highest BCUT2D eigenvalue weighted by molar-refractivity contribution is 8.26. The van der Waals surface area contributed by atoms with E-state index in [-0.39, 0.29) is 10.7 Å². The molecule has 1 saturated heterocycles. The van der Waals surface area contributed by atoms with E-state index < -0.39 is 17.9 Å². The number of amides is 1. The van der Waals surface area contributed by atoms with Crippen LogP contribution in [0.25, 0.3) is 6.08 Å². The molecule has 1 amide bonds. The molecule has 0 aromatic heterocycles. The van der Waals surface area contributed by atoms with Gasteiger partial charge in [-0.25, -0.2) is 4.79 Å². The fourth-order valence-electron chi connectivity index (χ4n) is 2.84. The van der Waals surface area contributed by atoms with Crippen LogP contribution in [-0.4, -0.2) is 38.9 Å². The number of ether oxygens (including phenoxy) is 1. The van der Waals surface area contributed by atoms with E-state index in [2.05, 4.69) is 6.58 Å². The van der Waals surface area contributed by atoms with Gasteiger partial charge in [0.2, 0.25) is 0 Å². The summed E-state index contributed by atoms with van der Waals surface area (Å²) in [6, 6.07) is 15.4. The maximum Gasteiger partial charge on any atom is 0.327 e. The van der Waals surface area contributed by atoms with Gasteiger partial charge in [0.1, 0.15) is 22.7 Å². The first-order valence-electron chi connectivity index (χ1n) is 8.87. The Hall–Kier alpha value is -2.90. The Kier molecular flexibility index (Phi) is 6.85. The van der Waals surface area contributed by atoms with Crippen LogP contribution in [0.1, 0.15) is 11.1 Å². The summed E-state index contributed by atoms with van der Waals surface area (Å²) in [6.07, 6.45) is 3.55. The molecule has 0 spiro atoms. The molecule has 148 valence electrons. The molecule has 0 unspecified atom stereocenters. The second kappa shape index (κ2) is 9.54. The summed E-state index contributed by atoms with van der Waals surface area (Å²) < 4.78 is 5.69. The van der Waals surface area contributed by atoms with Crippen LogP contribution in [0.15, 0.2) is 72.2 Å². The predicted octanol–water partition coefficient (Wildman–Crippen LogP) is 4.15. The first-order chi connectivity index (χ1) is 14.0. The third-order valence-corrected chi connectivity index (χ3v) is 5.57. The van der Waals surface area contributed by atoms with Crippen molar-refractivity contribution in [3.63, 3.8) is 0 Å². The van der Waals surface area contributed by atoms with Gasteiger partial charge in [0, 0.05) is 6.42 Å². The number of rotatable bonds is 8. The van der Waals surface area contributed by atoms with Gasteiger partial charge in [0.05, 0.1) is 4.91 Å². The number of benzene rings is 2. The lowest BCUT2D eigenvalue weighted by Crippen LogP contribution is -2.45. The zero-order valence-electron chi connectivity index (χ0n) is 15.5. The Morgan fingerprint density at radius 3 is 2.52 bits per heavy atom. The van der Waals surface area contributed by atoms with Crippen molar-refractivity contribution < 1.29 is 19.4 Å². The van der Waals surface area contributed by atoms with Gasteiger partial charge in [-0.3, -0.25) is 9.69 Å². The van der Waals surface area contributed by atoms with E-state index in [1.54, 1.807) is 24.3 Å². The lowest BCUT2D eigenvalue weighted by atomic mass is 10.0. The molecular formula is C22H19NO4S2. The van der Waals surface area contributed by atoms with E-state index in [0.29, 0.717) is 17.3 Å². The summed E-state index contributed by atoms with van der Waals surface area (Å²) in [7, 11) is 0. The van der Waals surface area contributed by atoms with E-state index in [1.807, 2.05) is 42.5 Å². The Morgan fingerprint density at radius 1 is 1.21 bits per heavy atom. The van der Waals surface area contributed by atoms with Gasteiger partial charge in [-0.1, -0.05) is 79.1 Å². The monoisotopic (exact) mass is 425 g/mol. The SMILES string of the molecule is C=CCOc1ccc(/C=C2\SC(=S)N([C@@H](Cc3ccccc3)C(=O)O)C2=O)cc1. The fourth-order valence-corrected chi connectivity index (χ4v) is 4.20. The number of carboxylic acid groups (broad SMARTS) is 1. The molecule has 0 saturated carbocycles. The number of carbonyl (C=O) groups is 2. The average molecular weight is 426 g/mol. The van der Waals surface area contributed by atoms with Gasteiger partial charge in [-0.15, -0.1) is 0 Å². The first kappa shape index (κ1) is 20.8. The topological polar surface area (TPSA) is 66.8 Å². The summed E-state index contributed by atoms with van der Waals surface area (Å²) in [5.74, 6) is -0.783. The Bertz CT molecular complexity index is 955. The van der Waals surface area contributed by atoms with Gasteiger partial charge in [0.15, 0.2) is 0 Å². The van der Waals surface area contributed by atoms with Crippen molar-refractivity contribution >= 4 is 46.3 Å². The van der Waals surface area contributed by atoms with Crippen molar-refractivity contribution in [3.8, 4) is 5.75 Å². The molecule has 2 aromatic rings. The highest BCUT2D eigenvalue weighted by Gasteiger charge is 2.40. The quantitative estimate of drug-likeness (QED) is 0.389. The number of nitrogens with zero attached hydrogens (tertiary/aromatic N) is 1. The third kappa shape index (κ3) is 5.13. The molecule has 1 atom stereocenters. The highest BCUT2D eigenvalue weighted by Crippen LogP contribution is 2.35. The summed E-state index contributed by atoms with van der Waals surface area (Å²) in [5.41, 5.74) is 1.62. The number of hydrogen-bond acceptors (Lipinski definition) is 5. The lowest BCUT2D eigenvalue weighted by Gasteiger charge is -2.23.